The van der Waals surface area contributed by atoms with Gasteiger partial charge < -0.3 is 0 Å². The molecule has 0 saturated heterocycles. The van der Waals surface area contributed by atoms with Crippen molar-refractivity contribution in [3.63, 3.8) is 0 Å². The number of aryl methyl sites for hydroxylation is 1. The minimum absolute atomic E-state index is 0.431. The van der Waals surface area contributed by atoms with E-state index < -0.39 is 0 Å². The van der Waals surface area contributed by atoms with Crippen LogP contribution < -0.4 is 0 Å². The molecule has 5 heteroatoms. The number of nitrogens with zero attached hydrogens (tertiary/aromatic N) is 4. The smallest absolute Gasteiger partial charge is 0.167 e. The average molecular weight is 259 g/mol. The molecule has 18 heavy (non-hydrogen) atoms. The summed E-state index contributed by atoms with van der Waals surface area (Å²) in [6.45, 7) is 2.12. The summed E-state index contributed by atoms with van der Waals surface area (Å²) in [5.41, 5.74) is 2.98. The molecule has 0 aliphatic heterocycles. The molecular weight excluding hydrogens is 248 g/mol. The van der Waals surface area contributed by atoms with E-state index in [1.165, 1.54) is 11.9 Å². The van der Waals surface area contributed by atoms with Crippen LogP contribution >= 0.6 is 11.6 Å². The second-order valence-corrected chi connectivity index (χ2v) is 4.30. The number of hydrogen-bond donors (Lipinski definition) is 0. The number of hydrogen-bond acceptors (Lipinski definition) is 3. The lowest BCUT2D eigenvalue weighted by Gasteiger charge is -2.07. The number of aromatic nitrogens is 4. The summed E-state index contributed by atoms with van der Waals surface area (Å²) in [7, 11) is 0. The van der Waals surface area contributed by atoms with Crippen LogP contribution in [-0.2, 0) is 6.42 Å². The van der Waals surface area contributed by atoms with Crippen molar-refractivity contribution in [2.75, 3.05) is 0 Å². The Hall–Kier alpha value is -1.94. The zero-order valence-corrected chi connectivity index (χ0v) is 10.6. The summed E-state index contributed by atoms with van der Waals surface area (Å²) in [4.78, 5) is 8.22. The molecule has 2 heterocycles. The Morgan fingerprint density at radius 1 is 1.22 bits per heavy atom. The van der Waals surface area contributed by atoms with Gasteiger partial charge in [0, 0.05) is 0 Å². The van der Waals surface area contributed by atoms with Crippen LogP contribution in [0.15, 0.2) is 36.8 Å². The Balaban J connectivity index is 2.29. The quantitative estimate of drug-likeness (QED) is 0.664. The summed E-state index contributed by atoms with van der Waals surface area (Å²) < 4.78 is 1.81. The fourth-order valence-electron chi connectivity index (χ4n) is 2.01. The van der Waals surface area contributed by atoms with E-state index in [0.29, 0.717) is 5.15 Å². The maximum Gasteiger partial charge on any atom is 0.167 e. The number of fused-ring (bicyclic) bond motifs is 1. The van der Waals surface area contributed by atoms with E-state index in [0.717, 1.165) is 23.1 Å². The third-order valence-corrected chi connectivity index (χ3v) is 3.22. The summed E-state index contributed by atoms with van der Waals surface area (Å²) >= 11 is 6.03. The van der Waals surface area contributed by atoms with Gasteiger partial charge in [-0.3, -0.25) is 0 Å². The molecule has 0 aliphatic carbocycles. The lowest BCUT2D eigenvalue weighted by molar-refractivity contribution is 0.877. The minimum atomic E-state index is 0.431. The summed E-state index contributed by atoms with van der Waals surface area (Å²) in [5, 5.41) is 5.56. The minimum Gasteiger partial charge on any atom is -0.224 e. The molecule has 3 rings (SSSR count). The molecule has 0 unspecified atom stereocenters. The zero-order valence-electron chi connectivity index (χ0n) is 9.84. The van der Waals surface area contributed by atoms with Gasteiger partial charge in [-0.1, -0.05) is 36.7 Å². The summed E-state index contributed by atoms with van der Waals surface area (Å²) in [6, 6.07) is 8.13. The van der Waals surface area contributed by atoms with Gasteiger partial charge in [-0.2, -0.15) is 5.10 Å². The topological polar surface area (TPSA) is 43.6 Å². The van der Waals surface area contributed by atoms with Crippen LogP contribution in [0.4, 0.5) is 0 Å². The van der Waals surface area contributed by atoms with Gasteiger partial charge in [-0.05, 0) is 18.1 Å². The Bertz CT molecular complexity index is 705. The molecule has 0 bridgehead atoms. The third-order valence-electron chi connectivity index (χ3n) is 2.92. The molecule has 3 aromatic rings. The van der Waals surface area contributed by atoms with E-state index in [1.807, 2.05) is 22.9 Å². The first-order valence-corrected chi connectivity index (χ1v) is 6.11. The normalized spacial score (nSPS) is 11.0. The number of rotatable bonds is 2. The van der Waals surface area contributed by atoms with Crippen LogP contribution in [0.25, 0.3) is 16.7 Å². The number of benzene rings is 1. The first kappa shape index (κ1) is 11.2. The molecule has 0 fully saturated rings. The predicted molar refractivity (Wildman–Crippen MR) is 71.0 cm³/mol. The fourth-order valence-corrected chi connectivity index (χ4v) is 2.19. The number of para-hydroxylation sites is 1. The molecule has 0 amide bonds. The second-order valence-electron chi connectivity index (χ2n) is 3.94. The molecule has 0 aliphatic rings. The molecule has 0 spiro atoms. The van der Waals surface area contributed by atoms with Crippen molar-refractivity contribution in [2.45, 2.75) is 13.3 Å². The van der Waals surface area contributed by atoms with Crippen LogP contribution in [0.3, 0.4) is 0 Å². The molecule has 1 aromatic carbocycles. The molecule has 0 radical (unpaired) electrons. The van der Waals surface area contributed by atoms with Gasteiger partial charge in [0.1, 0.15) is 11.5 Å². The fraction of sp³-hybridized carbons (Fsp3) is 0.154. The zero-order chi connectivity index (χ0) is 12.5. The maximum atomic E-state index is 6.03. The molecule has 0 N–H and O–H groups in total. The van der Waals surface area contributed by atoms with Crippen LogP contribution in [-0.4, -0.2) is 19.7 Å². The maximum absolute atomic E-state index is 6.03. The molecule has 2 aromatic heterocycles. The van der Waals surface area contributed by atoms with Gasteiger partial charge in [-0.15, -0.1) is 0 Å². The third kappa shape index (κ3) is 1.66. The number of halogens is 1. The van der Waals surface area contributed by atoms with E-state index in [1.54, 1.807) is 6.20 Å². The Morgan fingerprint density at radius 2 is 2.06 bits per heavy atom. The van der Waals surface area contributed by atoms with Crippen molar-refractivity contribution < 1.29 is 0 Å². The van der Waals surface area contributed by atoms with Gasteiger partial charge in [0.15, 0.2) is 5.65 Å². The second kappa shape index (κ2) is 4.38. The highest BCUT2D eigenvalue weighted by Crippen LogP contribution is 2.23. The van der Waals surface area contributed by atoms with Crippen molar-refractivity contribution in [1.29, 1.82) is 0 Å². The highest BCUT2D eigenvalue weighted by molar-refractivity contribution is 6.33. The van der Waals surface area contributed by atoms with Crippen molar-refractivity contribution >= 4 is 22.6 Å². The highest BCUT2D eigenvalue weighted by atomic mass is 35.5. The highest BCUT2D eigenvalue weighted by Gasteiger charge is 2.11. The van der Waals surface area contributed by atoms with E-state index in [9.17, 15) is 0 Å². The van der Waals surface area contributed by atoms with Gasteiger partial charge in [0.05, 0.1) is 17.3 Å². The van der Waals surface area contributed by atoms with Crippen LogP contribution in [0, 0.1) is 0 Å². The van der Waals surface area contributed by atoms with Crippen molar-refractivity contribution in [1.82, 2.24) is 19.7 Å². The van der Waals surface area contributed by atoms with E-state index >= 15 is 0 Å². The molecule has 0 saturated carbocycles. The standard InChI is InChI=1S/C13H11ClN4/c1-2-9-5-3-4-6-11(9)18-13-10(7-17-18)12(14)15-8-16-13/h3-8H,2H2,1H3. The lowest BCUT2D eigenvalue weighted by atomic mass is 10.1. The first-order valence-electron chi connectivity index (χ1n) is 5.73. The first-order chi connectivity index (χ1) is 8.81. The predicted octanol–water partition coefficient (Wildman–Crippen LogP) is 3.03. The van der Waals surface area contributed by atoms with Crippen LogP contribution in [0.1, 0.15) is 12.5 Å². The average Bonchev–Trinajstić information content (AvgIpc) is 2.84. The van der Waals surface area contributed by atoms with Crippen molar-refractivity contribution in [2.24, 2.45) is 0 Å². The molecule has 4 nitrogen and oxygen atoms in total. The largest absolute Gasteiger partial charge is 0.224 e. The molecular formula is C13H11ClN4. The van der Waals surface area contributed by atoms with E-state index in [-0.39, 0.29) is 0 Å². The van der Waals surface area contributed by atoms with Crippen molar-refractivity contribution in [3.05, 3.63) is 47.5 Å². The van der Waals surface area contributed by atoms with E-state index in [2.05, 4.69) is 28.1 Å². The molecule has 0 atom stereocenters. The van der Waals surface area contributed by atoms with Crippen molar-refractivity contribution in [3.8, 4) is 5.69 Å². The van der Waals surface area contributed by atoms with Gasteiger partial charge in [0.25, 0.3) is 0 Å². The monoisotopic (exact) mass is 258 g/mol. The van der Waals surface area contributed by atoms with Gasteiger partial charge in [-0.25, -0.2) is 14.6 Å². The summed E-state index contributed by atoms with van der Waals surface area (Å²) in [6.07, 6.45) is 4.10. The van der Waals surface area contributed by atoms with Crippen LogP contribution in [0.2, 0.25) is 5.15 Å². The SMILES string of the molecule is CCc1ccccc1-n1ncc2c(Cl)ncnc21. The van der Waals surface area contributed by atoms with Gasteiger partial charge in [0.2, 0.25) is 0 Å². The lowest BCUT2D eigenvalue weighted by Crippen LogP contribution is -2.01. The Labute approximate surface area is 109 Å². The van der Waals surface area contributed by atoms with E-state index in [4.69, 9.17) is 11.6 Å². The van der Waals surface area contributed by atoms with Crippen LogP contribution in [0.5, 0.6) is 0 Å². The Morgan fingerprint density at radius 3 is 2.89 bits per heavy atom. The van der Waals surface area contributed by atoms with Gasteiger partial charge >= 0.3 is 0 Å². The Kier molecular flexibility index (Phi) is 2.72. The molecule has 90 valence electrons. The summed E-state index contributed by atoms with van der Waals surface area (Å²) in [5.74, 6) is 0.